The highest BCUT2D eigenvalue weighted by molar-refractivity contribution is 7.99. The third-order valence-electron chi connectivity index (χ3n) is 2.13. The molecule has 1 N–H and O–H groups in total. The maximum atomic E-state index is 11.5. The fraction of sp³-hybridized carbons (Fsp3) is 0.545. The average Bonchev–Trinajstić information content (AvgIpc) is 2.28. The van der Waals surface area contributed by atoms with Crippen LogP contribution in [0.2, 0.25) is 0 Å². The summed E-state index contributed by atoms with van der Waals surface area (Å²) in [6.45, 7) is 2.87. The molecule has 6 heteroatoms. The van der Waals surface area contributed by atoms with Gasteiger partial charge in [0.1, 0.15) is 10.7 Å². The van der Waals surface area contributed by atoms with E-state index in [1.165, 1.54) is 6.26 Å². The molecule has 0 saturated heterocycles. The number of rotatable bonds is 7. The van der Waals surface area contributed by atoms with Gasteiger partial charge in [-0.2, -0.15) is 11.8 Å². The van der Waals surface area contributed by atoms with Crippen molar-refractivity contribution >= 4 is 27.4 Å². The Balaban J connectivity index is 2.59. The quantitative estimate of drug-likeness (QED) is 0.771. The summed E-state index contributed by atoms with van der Waals surface area (Å²) in [5, 5.41) is 3.08. The van der Waals surface area contributed by atoms with Gasteiger partial charge in [-0.25, -0.2) is 13.4 Å². The molecule has 0 spiro atoms. The van der Waals surface area contributed by atoms with Crippen molar-refractivity contribution < 1.29 is 8.42 Å². The van der Waals surface area contributed by atoms with Gasteiger partial charge in [0.15, 0.2) is 9.84 Å². The SMILES string of the molecule is CCSCCCNc1ncccc1S(C)(=O)=O. The molecule has 1 rings (SSSR count). The molecule has 1 heterocycles. The number of anilines is 1. The summed E-state index contributed by atoms with van der Waals surface area (Å²) in [6.07, 6.45) is 3.79. The highest BCUT2D eigenvalue weighted by Crippen LogP contribution is 2.17. The average molecular weight is 274 g/mol. The molecule has 96 valence electrons. The number of hydrogen-bond donors (Lipinski definition) is 1. The van der Waals surface area contributed by atoms with E-state index in [9.17, 15) is 8.42 Å². The fourth-order valence-corrected chi connectivity index (χ4v) is 2.79. The molecule has 4 nitrogen and oxygen atoms in total. The van der Waals surface area contributed by atoms with Gasteiger partial charge in [-0.1, -0.05) is 6.92 Å². The lowest BCUT2D eigenvalue weighted by atomic mass is 10.4. The van der Waals surface area contributed by atoms with Gasteiger partial charge in [0.25, 0.3) is 0 Å². The summed E-state index contributed by atoms with van der Waals surface area (Å²) in [6, 6.07) is 3.21. The van der Waals surface area contributed by atoms with Gasteiger partial charge in [0.05, 0.1) is 0 Å². The Morgan fingerprint density at radius 3 is 2.88 bits per heavy atom. The molecule has 0 unspecified atom stereocenters. The van der Waals surface area contributed by atoms with E-state index in [0.29, 0.717) is 5.82 Å². The molecule has 0 bridgehead atoms. The Morgan fingerprint density at radius 2 is 2.24 bits per heavy atom. The highest BCUT2D eigenvalue weighted by Gasteiger charge is 2.12. The van der Waals surface area contributed by atoms with Crippen LogP contribution < -0.4 is 5.32 Å². The van der Waals surface area contributed by atoms with Crippen LogP contribution in [0.4, 0.5) is 5.82 Å². The first kappa shape index (κ1) is 14.3. The topological polar surface area (TPSA) is 59.1 Å². The van der Waals surface area contributed by atoms with Crippen molar-refractivity contribution in [1.82, 2.24) is 4.98 Å². The third-order valence-corrected chi connectivity index (χ3v) is 4.25. The molecule has 1 aromatic heterocycles. The zero-order valence-electron chi connectivity index (χ0n) is 10.1. The van der Waals surface area contributed by atoms with E-state index in [2.05, 4.69) is 17.2 Å². The first-order chi connectivity index (χ1) is 8.05. The van der Waals surface area contributed by atoms with E-state index in [-0.39, 0.29) is 4.90 Å². The fourth-order valence-electron chi connectivity index (χ4n) is 1.35. The smallest absolute Gasteiger partial charge is 0.179 e. The standard InChI is InChI=1S/C11H18N2O2S2/c1-3-16-9-5-8-13-11-10(17(2,14)15)6-4-7-12-11/h4,6-7H,3,5,8-9H2,1-2H3,(H,12,13). The Bertz CT molecular complexity index is 447. The monoisotopic (exact) mass is 274 g/mol. The largest absolute Gasteiger partial charge is 0.369 e. The van der Waals surface area contributed by atoms with Crippen molar-refractivity contribution in [2.45, 2.75) is 18.2 Å². The van der Waals surface area contributed by atoms with E-state index < -0.39 is 9.84 Å². The predicted octanol–water partition coefficient (Wildman–Crippen LogP) is 2.04. The van der Waals surface area contributed by atoms with Gasteiger partial charge in [-0.05, 0) is 30.1 Å². The van der Waals surface area contributed by atoms with Crippen molar-refractivity contribution in [3.63, 3.8) is 0 Å². The lowest BCUT2D eigenvalue weighted by Gasteiger charge is -2.08. The molecule has 0 fully saturated rings. The first-order valence-electron chi connectivity index (χ1n) is 5.52. The van der Waals surface area contributed by atoms with Gasteiger partial charge in [-0.15, -0.1) is 0 Å². The molecule has 17 heavy (non-hydrogen) atoms. The second-order valence-electron chi connectivity index (χ2n) is 3.60. The molecule has 0 atom stereocenters. The molecular formula is C11H18N2O2S2. The summed E-state index contributed by atoms with van der Waals surface area (Å²) in [7, 11) is -3.21. The summed E-state index contributed by atoms with van der Waals surface area (Å²) in [4.78, 5) is 4.33. The van der Waals surface area contributed by atoms with Gasteiger partial charge in [-0.3, -0.25) is 0 Å². The molecule has 0 radical (unpaired) electrons. The van der Waals surface area contributed by atoms with Crippen molar-refractivity contribution in [3.05, 3.63) is 18.3 Å². The van der Waals surface area contributed by atoms with Crippen LogP contribution in [0.5, 0.6) is 0 Å². The van der Waals surface area contributed by atoms with Crippen LogP contribution in [-0.2, 0) is 9.84 Å². The van der Waals surface area contributed by atoms with Gasteiger partial charge in [0.2, 0.25) is 0 Å². The zero-order valence-corrected chi connectivity index (χ0v) is 11.8. The van der Waals surface area contributed by atoms with Crippen LogP contribution in [0, 0.1) is 0 Å². The number of nitrogens with zero attached hydrogens (tertiary/aromatic N) is 1. The molecule has 0 aliphatic carbocycles. The maximum Gasteiger partial charge on any atom is 0.179 e. The molecule has 1 aromatic rings. The van der Waals surface area contributed by atoms with Crippen molar-refractivity contribution in [2.75, 3.05) is 29.6 Å². The van der Waals surface area contributed by atoms with E-state index in [0.717, 1.165) is 24.5 Å². The van der Waals surface area contributed by atoms with Crippen LogP contribution >= 0.6 is 11.8 Å². The Kier molecular flexibility index (Phi) is 5.77. The molecule has 0 amide bonds. The number of hydrogen-bond acceptors (Lipinski definition) is 5. The van der Waals surface area contributed by atoms with E-state index in [1.54, 1.807) is 18.3 Å². The minimum Gasteiger partial charge on any atom is -0.369 e. The minimum absolute atomic E-state index is 0.267. The Morgan fingerprint density at radius 1 is 1.47 bits per heavy atom. The summed E-state index contributed by atoms with van der Waals surface area (Å²) in [5.41, 5.74) is 0. The second-order valence-corrected chi connectivity index (χ2v) is 6.98. The number of nitrogens with one attached hydrogen (secondary N) is 1. The van der Waals surface area contributed by atoms with Gasteiger partial charge < -0.3 is 5.32 Å². The third kappa shape index (κ3) is 4.95. The van der Waals surface area contributed by atoms with Crippen LogP contribution in [-0.4, -0.2) is 37.7 Å². The van der Waals surface area contributed by atoms with Gasteiger partial charge >= 0.3 is 0 Å². The minimum atomic E-state index is -3.21. The predicted molar refractivity (Wildman–Crippen MR) is 73.5 cm³/mol. The van der Waals surface area contributed by atoms with Crippen LogP contribution in [0.25, 0.3) is 0 Å². The van der Waals surface area contributed by atoms with E-state index in [1.807, 2.05) is 11.8 Å². The summed E-state index contributed by atoms with van der Waals surface area (Å²) < 4.78 is 23.0. The molecule has 0 aromatic carbocycles. The van der Waals surface area contributed by atoms with Crippen molar-refractivity contribution in [2.24, 2.45) is 0 Å². The first-order valence-corrected chi connectivity index (χ1v) is 8.57. The zero-order chi connectivity index (χ0) is 12.7. The maximum absolute atomic E-state index is 11.5. The van der Waals surface area contributed by atoms with Crippen LogP contribution in [0.3, 0.4) is 0 Å². The highest BCUT2D eigenvalue weighted by atomic mass is 32.2. The Hall–Kier alpha value is -0.750. The number of aromatic nitrogens is 1. The normalized spacial score (nSPS) is 11.4. The molecule has 0 aliphatic rings. The van der Waals surface area contributed by atoms with Crippen molar-refractivity contribution in [3.8, 4) is 0 Å². The van der Waals surface area contributed by atoms with E-state index >= 15 is 0 Å². The number of thioether (sulfide) groups is 1. The molecular weight excluding hydrogens is 256 g/mol. The lowest BCUT2D eigenvalue weighted by Crippen LogP contribution is -2.09. The van der Waals surface area contributed by atoms with Crippen LogP contribution in [0.15, 0.2) is 23.2 Å². The van der Waals surface area contributed by atoms with E-state index in [4.69, 9.17) is 0 Å². The number of pyridine rings is 1. The van der Waals surface area contributed by atoms with Crippen LogP contribution in [0.1, 0.15) is 13.3 Å². The number of sulfone groups is 1. The lowest BCUT2D eigenvalue weighted by molar-refractivity contribution is 0.601. The van der Waals surface area contributed by atoms with Gasteiger partial charge in [0, 0.05) is 19.0 Å². The van der Waals surface area contributed by atoms with Crippen molar-refractivity contribution in [1.29, 1.82) is 0 Å². The summed E-state index contributed by atoms with van der Waals surface area (Å²) >= 11 is 1.87. The Labute approximate surface area is 107 Å². The molecule has 0 saturated carbocycles. The summed E-state index contributed by atoms with van der Waals surface area (Å²) in [5.74, 6) is 2.64. The molecule has 0 aliphatic heterocycles. The second kappa shape index (κ2) is 6.86.